The molecule has 7 heteroatoms. The number of aryl methyl sites for hydroxylation is 1. The van der Waals surface area contributed by atoms with Crippen LogP contribution in [0.15, 0.2) is 29.4 Å². The molecule has 22 heavy (non-hydrogen) atoms. The van der Waals surface area contributed by atoms with Crippen molar-refractivity contribution in [3.63, 3.8) is 0 Å². The van der Waals surface area contributed by atoms with Crippen molar-refractivity contribution >= 4 is 17.7 Å². The van der Waals surface area contributed by atoms with E-state index >= 15 is 0 Å². The van der Waals surface area contributed by atoms with Gasteiger partial charge in [0.2, 0.25) is 5.16 Å². The van der Waals surface area contributed by atoms with Gasteiger partial charge < -0.3 is 4.74 Å². The molecular formula is C15H18N4O2S. The van der Waals surface area contributed by atoms with Gasteiger partial charge >= 0.3 is 5.97 Å². The van der Waals surface area contributed by atoms with Crippen molar-refractivity contribution < 1.29 is 9.53 Å². The van der Waals surface area contributed by atoms with Crippen LogP contribution in [0, 0.1) is 0 Å². The fourth-order valence-corrected chi connectivity index (χ4v) is 3.27. The number of ether oxygens (including phenoxy) is 1. The summed E-state index contributed by atoms with van der Waals surface area (Å²) in [5.41, 5.74) is 2.21. The van der Waals surface area contributed by atoms with Gasteiger partial charge in [-0.05, 0) is 41.0 Å². The van der Waals surface area contributed by atoms with Crippen LogP contribution in [0.25, 0.3) is 5.69 Å². The molecule has 1 aliphatic rings. The van der Waals surface area contributed by atoms with Crippen LogP contribution >= 0.6 is 11.8 Å². The second-order valence-electron chi connectivity index (χ2n) is 5.21. The normalized spacial score (nSPS) is 17.7. The maximum Gasteiger partial charge on any atom is 0.319 e. The van der Waals surface area contributed by atoms with Gasteiger partial charge in [0.1, 0.15) is 5.25 Å². The lowest BCUT2D eigenvalue weighted by Gasteiger charge is -2.07. The Labute approximate surface area is 133 Å². The molecule has 1 aliphatic heterocycles. The summed E-state index contributed by atoms with van der Waals surface area (Å²) in [6.07, 6.45) is 4.16. The molecule has 6 nitrogen and oxygen atoms in total. The standard InChI is InChI=1S/C15H18N4O2S/c1-2-3-4-11-5-7-12(8-6-11)19-15(16-17-18-19)22-13-9-10-21-14(13)20/h5-8,13H,2-4,9-10H2,1H3/t13-/m0/s1. The molecule has 0 unspecified atom stereocenters. The lowest BCUT2D eigenvalue weighted by molar-refractivity contribution is -0.137. The number of rotatable bonds is 6. The van der Waals surface area contributed by atoms with E-state index in [1.165, 1.54) is 30.2 Å². The molecule has 2 aromatic rings. The third kappa shape index (κ3) is 3.30. The van der Waals surface area contributed by atoms with Crippen molar-refractivity contribution in [1.82, 2.24) is 20.2 Å². The number of carbonyl (C=O) groups is 1. The van der Waals surface area contributed by atoms with Gasteiger partial charge in [0, 0.05) is 6.42 Å². The summed E-state index contributed by atoms with van der Waals surface area (Å²) in [6, 6.07) is 8.23. The highest BCUT2D eigenvalue weighted by molar-refractivity contribution is 8.00. The smallest absolute Gasteiger partial charge is 0.319 e. The van der Waals surface area contributed by atoms with Crippen molar-refractivity contribution in [1.29, 1.82) is 0 Å². The van der Waals surface area contributed by atoms with Crippen LogP contribution in [0.1, 0.15) is 31.7 Å². The number of benzene rings is 1. The van der Waals surface area contributed by atoms with Gasteiger partial charge in [-0.25, -0.2) is 0 Å². The first-order chi connectivity index (χ1) is 10.8. The zero-order chi connectivity index (χ0) is 15.4. The fourth-order valence-electron chi connectivity index (χ4n) is 2.31. The lowest BCUT2D eigenvalue weighted by atomic mass is 10.1. The molecule has 1 fully saturated rings. The van der Waals surface area contributed by atoms with E-state index in [-0.39, 0.29) is 11.2 Å². The molecule has 0 aliphatic carbocycles. The second-order valence-corrected chi connectivity index (χ2v) is 6.38. The molecule has 0 saturated carbocycles. The fraction of sp³-hybridized carbons (Fsp3) is 0.467. The topological polar surface area (TPSA) is 69.9 Å². The van der Waals surface area contributed by atoms with Gasteiger partial charge in [0.15, 0.2) is 0 Å². The van der Waals surface area contributed by atoms with Gasteiger partial charge in [-0.2, -0.15) is 4.68 Å². The predicted octanol–water partition coefficient (Wildman–Crippen LogP) is 2.41. The second kappa shape index (κ2) is 6.91. The average Bonchev–Trinajstić information content (AvgIpc) is 3.16. The van der Waals surface area contributed by atoms with E-state index in [0.717, 1.165) is 12.1 Å². The van der Waals surface area contributed by atoms with Crippen molar-refractivity contribution in [2.24, 2.45) is 0 Å². The van der Waals surface area contributed by atoms with Crippen LogP contribution in [0.4, 0.5) is 0 Å². The van der Waals surface area contributed by atoms with Crippen LogP contribution < -0.4 is 0 Å². The predicted molar refractivity (Wildman–Crippen MR) is 83.0 cm³/mol. The summed E-state index contributed by atoms with van der Waals surface area (Å²) in [6.45, 7) is 2.66. The van der Waals surface area contributed by atoms with Crippen LogP contribution in [0.3, 0.4) is 0 Å². The first kappa shape index (κ1) is 15.0. The van der Waals surface area contributed by atoms with Crippen LogP contribution in [-0.4, -0.2) is 38.0 Å². The summed E-state index contributed by atoms with van der Waals surface area (Å²) in [5.74, 6) is -0.186. The monoisotopic (exact) mass is 318 g/mol. The van der Waals surface area contributed by atoms with Gasteiger partial charge in [0.25, 0.3) is 0 Å². The summed E-state index contributed by atoms with van der Waals surface area (Å²) >= 11 is 1.36. The number of carbonyl (C=O) groups excluding carboxylic acids is 1. The van der Waals surface area contributed by atoms with E-state index in [9.17, 15) is 4.79 Å². The molecule has 0 radical (unpaired) electrons. The molecule has 1 saturated heterocycles. The zero-order valence-corrected chi connectivity index (χ0v) is 13.3. The summed E-state index contributed by atoms with van der Waals surface area (Å²) < 4.78 is 6.64. The van der Waals surface area contributed by atoms with Gasteiger partial charge in [0.05, 0.1) is 12.3 Å². The molecule has 116 valence electrons. The Hall–Kier alpha value is -1.89. The Morgan fingerprint density at radius 1 is 1.36 bits per heavy atom. The quantitative estimate of drug-likeness (QED) is 0.762. The number of tetrazole rings is 1. The molecular weight excluding hydrogens is 300 g/mol. The minimum Gasteiger partial charge on any atom is -0.465 e. The number of aromatic nitrogens is 4. The van der Waals surface area contributed by atoms with E-state index in [1.54, 1.807) is 4.68 Å². The average molecular weight is 318 g/mol. The molecule has 2 heterocycles. The largest absolute Gasteiger partial charge is 0.465 e. The number of esters is 1. The summed E-state index contributed by atoms with van der Waals surface area (Å²) in [4.78, 5) is 11.6. The first-order valence-corrected chi connectivity index (χ1v) is 8.37. The van der Waals surface area contributed by atoms with E-state index in [2.05, 4.69) is 34.6 Å². The third-order valence-electron chi connectivity index (χ3n) is 3.58. The molecule has 1 aromatic carbocycles. The molecule has 0 spiro atoms. The molecule has 0 bridgehead atoms. The summed E-state index contributed by atoms with van der Waals surface area (Å²) in [7, 11) is 0. The SMILES string of the molecule is CCCCc1ccc(-n2nnnc2S[C@H]2CCOC2=O)cc1. The lowest BCUT2D eigenvalue weighted by Crippen LogP contribution is -2.11. The van der Waals surface area contributed by atoms with Crippen LogP contribution in [0.2, 0.25) is 0 Å². The molecule has 0 N–H and O–H groups in total. The first-order valence-electron chi connectivity index (χ1n) is 7.49. The highest BCUT2D eigenvalue weighted by atomic mass is 32.2. The van der Waals surface area contributed by atoms with E-state index in [0.29, 0.717) is 18.2 Å². The minimum atomic E-state index is -0.214. The number of nitrogens with zero attached hydrogens (tertiary/aromatic N) is 4. The minimum absolute atomic E-state index is 0.186. The Balaban J connectivity index is 1.74. The third-order valence-corrected chi connectivity index (χ3v) is 4.75. The molecule has 1 aromatic heterocycles. The number of unbranched alkanes of at least 4 members (excludes halogenated alkanes) is 1. The Bertz CT molecular complexity index is 641. The number of hydrogen-bond acceptors (Lipinski definition) is 6. The van der Waals surface area contributed by atoms with E-state index in [4.69, 9.17) is 4.74 Å². The highest BCUT2D eigenvalue weighted by Crippen LogP contribution is 2.28. The Morgan fingerprint density at radius 2 is 2.18 bits per heavy atom. The van der Waals surface area contributed by atoms with Gasteiger partial charge in [-0.1, -0.05) is 37.2 Å². The molecule has 0 amide bonds. The summed E-state index contributed by atoms with van der Waals surface area (Å²) in [5, 5.41) is 12.2. The number of hydrogen-bond donors (Lipinski definition) is 0. The van der Waals surface area contributed by atoms with Crippen molar-refractivity contribution in [3.8, 4) is 5.69 Å². The highest BCUT2D eigenvalue weighted by Gasteiger charge is 2.29. The van der Waals surface area contributed by atoms with Gasteiger partial charge in [-0.3, -0.25) is 4.79 Å². The van der Waals surface area contributed by atoms with E-state index in [1.807, 2.05) is 12.1 Å². The van der Waals surface area contributed by atoms with Crippen molar-refractivity contribution in [3.05, 3.63) is 29.8 Å². The molecule has 3 rings (SSSR count). The van der Waals surface area contributed by atoms with Crippen molar-refractivity contribution in [2.75, 3.05) is 6.61 Å². The van der Waals surface area contributed by atoms with Crippen LogP contribution in [0.5, 0.6) is 0 Å². The zero-order valence-electron chi connectivity index (χ0n) is 12.4. The van der Waals surface area contributed by atoms with Crippen LogP contribution in [-0.2, 0) is 16.0 Å². The Kier molecular flexibility index (Phi) is 4.72. The molecule has 1 atom stereocenters. The van der Waals surface area contributed by atoms with Gasteiger partial charge in [-0.15, -0.1) is 5.10 Å². The number of thioether (sulfide) groups is 1. The Morgan fingerprint density at radius 3 is 2.86 bits per heavy atom. The van der Waals surface area contributed by atoms with Crippen molar-refractivity contribution in [2.45, 2.75) is 43.0 Å². The number of cyclic esters (lactones) is 1. The maximum atomic E-state index is 11.6. The van der Waals surface area contributed by atoms with E-state index < -0.39 is 0 Å². The maximum absolute atomic E-state index is 11.6.